The largest absolute Gasteiger partial charge is 0.391 e. The van der Waals surface area contributed by atoms with Crippen LogP contribution in [0.25, 0.3) is 0 Å². The van der Waals surface area contributed by atoms with Crippen LogP contribution in [0, 0.1) is 11.3 Å². The Labute approximate surface area is 106 Å². The zero-order valence-electron chi connectivity index (χ0n) is 11.9. The van der Waals surface area contributed by atoms with Crippen LogP contribution in [-0.4, -0.2) is 34.7 Å². The number of hydrogen-bond acceptors (Lipinski definition) is 2. The van der Waals surface area contributed by atoms with E-state index in [1.807, 2.05) is 0 Å². The SMILES string of the molecule is CC1CCC(C)N(C2CC(C)(C)CCC2O)C1. The molecule has 0 bridgehead atoms. The van der Waals surface area contributed by atoms with Crippen molar-refractivity contribution in [2.45, 2.75) is 78.0 Å². The molecule has 0 spiro atoms. The lowest BCUT2D eigenvalue weighted by atomic mass is 9.72. The summed E-state index contributed by atoms with van der Waals surface area (Å²) >= 11 is 0. The molecule has 0 aromatic rings. The maximum Gasteiger partial charge on any atom is 0.0695 e. The number of hydrogen-bond donors (Lipinski definition) is 1. The summed E-state index contributed by atoms with van der Waals surface area (Å²) in [4.78, 5) is 2.60. The van der Waals surface area contributed by atoms with Crippen LogP contribution in [0.4, 0.5) is 0 Å². The van der Waals surface area contributed by atoms with E-state index in [4.69, 9.17) is 0 Å². The molecular weight excluding hydrogens is 210 g/mol. The Morgan fingerprint density at radius 2 is 1.82 bits per heavy atom. The maximum absolute atomic E-state index is 10.3. The van der Waals surface area contributed by atoms with Crippen LogP contribution in [-0.2, 0) is 0 Å². The molecule has 1 saturated carbocycles. The molecule has 1 heterocycles. The van der Waals surface area contributed by atoms with E-state index in [0.717, 1.165) is 18.8 Å². The monoisotopic (exact) mass is 239 g/mol. The molecule has 0 aromatic heterocycles. The predicted molar refractivity (Wildman–Crippen MR) is 72.0 cm³/mol. The van der Waals surface area contributed by atoms with Crippen LogP contribution in [0.15, 0.2) is 0 Å². The fourth-order valence-electron chi connectivity index (χ4n) is 3.66. The van der Waals surface area contributed by atoms with Gasteiger partial charge in [0.2, 0.25) is 0 Å². The zero-order chi connectivity index (χ0) is 12.6. The summed E-state index contributed by atoms with van der Waals surface area (Å²) in [5.41, 5.74) is 0.407. The Hall–Kier alpha value is -0.0800. The van der Waals surface area contributed by atoms with Gasteiger partial charge in [-0.05, 0) is 50.4 Å². The van der Waals surface area contributed by atoms with Gasteiger partial charge in [0.15, 0.2) is 0 Å². The van der Waals surface area contributed by atoms with Crippen molar-refractivity contribution >= 4 is 0 Å². The van der Waals surface area contributed by atoms with Crippen LogP contribution < -0.4 is 0 Å². The summed E-state index contributed by atoms with van der Waals surface area (Å²) in [5.74, 6) is 0.795. The molecule has 0 radical (unpaired) electrons. The maximum atomic E-state index is 10.3. The van der Waals surface area contributed by atoms with Crippen LogP contribution in [0.3, 0.4) is 0 Å². The third-order valence-electron chi connectivity index (χ3n) is 4.91. The molecule has 4 atom stereocenters. The van der Waals surface area contributed by atoms with Gasteiger partial charge in [0.05, 0.1) is 6.10 Å². The molecule has 2 nitrogen and oxygen atoms in total. The van der Waals surface area contributed by atoms with Crippen LogP contribution >= 0.6 is 0 Å². The molecule has 1 N–H and O–H groups in total. The summed E-state index contributed by atoms with van der Waals surface area (Å²) < 4.78 is 0. The summed E-state index contributed by atoms with van der Waals surface area (Å²) in [6, 6.07) is 1.05. The van der Waals surface area contributed by atoms with Crippen molar-refractivity contribution in [1.82, 2.24) is 4.90 Å². The lowest BCUT2D eigenvalue weighted by molar-refractivity contribution is -0.0491. The Balaban J connectivity index is 2.07. The summed E-state index contributed by atoms with van der Waals surface area (Å²) in [6.45, 7) is 10.6. The number of piperidine rings is 1. The lowest BCUT2D eigenvalue weighted by Gasteiger charge is -2.49. The highest BCUT2D eigenvalue weighted by molar-refractivity contribution is 4.94. The number of aliphatic hydroxyl groups excluding tert-OH is 1. The van der Waals surface area contributed by atoms with Gasteiger partial charge in [0.1, 0.15) is 0 Å². The molecule has 1 saturated heterocycles. The van der Waals surface area contributed by atoms with Crippen LogP contribution in [0.2, 0.25) is 0 Å². The first kappa shape index (κ1) is 13.4. The summed E-state index contributed by atoms with van der Waals surface area (Å²) in [7, 11) is 0. The highest BCUT2D eigenvalue weighted by Crippen LogP contribution is 2.39. The minimum atomic E-state index is -0.101. The van der Waals surface area contributed by atoms with E-state index in [0.29, 0.717) is 17.5 Å². The second-order valence-corrected chi connectivity index (χ2v) is 7.27. The second kappa shape index (κ2) is 4.89. The molecule has 0 aromatic carbocycles. The van der Waals surface area contributed by atoms with E-state index >= 15 is 0 Å². The summed E-state index contributed by atoms with van der Waals surface area (Å²) in [6.07, 6.45) is 5.85. The Kier molecular flexibility index (Phi) is 3.84. The fraction of sp³-hybridized carbons (Fsp3) is 1.00. The van der Waals surface area contributed by atoms with E-state index < -0.39 is 0 Å². The third-order valence-corrected chi connectivity index (χ3v) is 4.91. The quantitative estimate of drug-likeness (QED) is 0.760. The van der Waals surface area contributed by atoms with Gasteiger partial charge in [-0.1, -0.05) is 20.8 Å². The molecule has 2 fully saturated rings. The highest BCUT2D eigenvalue weighted by atomic mass is 16.3. The summed E-state index contributed by atoms with van der Waals surface area (Å²) in [5, 5.41) is 10.3. The normalized spacial score (nSPS) is 43.6. The predicted octanol–water partition coefficient (Wildman–Crippen LogP) is 3.05. The molecule has 100 valence electrons. The Morgan fingerprint density at radius 1 is 1.12 bits per heavy atom. The minimum Gasteiger partial charge on any atom is -0.391 e. The fourth-order valence-corrected chi connectivity index (χ4v) is 3.66. The van der Waals surface area contributed by atoms with Gasteiger partial charge >= 0.3 is 0 Å². The molecule has 2 heteroatoms. The van der Waals surface area contributed by atoms with Gasteiger partial charge in [0, 0.05) is 18.6 Å². The van der Waals surface area contributed by atoms with Crippen LogP contribution in [0.1, 0.15) is 59.8 Å². The number of likely N-dealkylation sites (tertiary alicyclic amines) is 1. The first-order valence-corrected chi connectivity index (χ1v) is 7.33. The van der Waals surface area contributed by atoms with E-state index in [1.54, 1.807) is 0 Å². The second-order valence-electron chi connectivity index (χ2n) is 7.27. The van der Waals surface area contributed by atoms with Gasteiger partial charge in [-0.25, -0.2) is 0 Å². The minimum absolute atomic E-state index is 0.101. The molecule has 1 aliphatic heterocycles. The van der Waals surface area contributed by atoms with Gasteiger partial charge in [-0.15, -0.1) is 0 Å². The first-order chi connectivity index (χ1) is 7.89. The zero-order valence-corrected chi connectivity index (χ0v) is 11.9. The average Bonchev–Trinajstić information content (AvgIpc) is 2.25. The lowest BCUT2D eigenvalue weighted by Crippen LogP contribution is -2.55. The molecule has 0 amide bonds. The van der Waals surface area contributed by atoms with Crippen molar-refractivity contribution in [2.24, 2.45) is 11.3 Å². The van der Waals surface area contributed by atoms with Crippen molar-refractivity contribution in [3.8, 4) is 0 Å². The van der Waals surface area contributed by atoms with Crippen LogP contribution in [0.5, 0.6) is 0 Å². The van der Waals surface area contributed by atoms with Gasteiger partial charge in [0.25, 0.3) is 0 Å². The Morgan fingerprint density at radius 3 is 2.53 bits per heavy atom. The van der Waals surface area contributed by atoms with Gasteiger partial charge in [-0.3, -0.25) is 4.90 Å². The van der Waals surface area contributed by atoms with Crippen molar-refractivity contribution in [3.05, 3.63) is 0 Å². The van der Waals surface area contributed by atoms with Crippen molar-refractivity contribution in [3.63, 3.8) is 0 Å². The molecule has 2 rings (SSSR count). The number of nitrogens with zero attached hydrogens (tertiary/aromatic N) is 1. The van der Waals surface area contributed by atoms with E-state index in [2.05, 4.69) is 32.6 Å². The Bertz CT molecular complexity index is 264. The van der Waals surface area contributed by atoms with Gasteiger partial charge in [-0.2, -0.15) is 0 Å². The topological polar surface area (TPSA) is 23.5 Å². The molecule has 2 aliphatic rings. The molecule has 17 heavy (non-hydrogen) atoms. The third kappa shape index (κ3) is 3.03. The highest BCUT2D eigenvalue weighted by Gasteiger charge is 2.40. The first-order valence-electron chi connectivity index (χ1n) is 7.33. The average molecular weight is 239 g/mol. The number of aliphatic hydroxyl groups is 1. The smallest absolute Gasteiger partial charge is 0.0695 e. The van der Waals surface area contributed by atoms with Crippen molar-refractivity contribution in [1.29, 1.82) is 0 Å². The molecule has 1 aliphatic carbocycles. The van der Waals surface area contributed by atoms with E-state index in [1.165, 1.54) is 25.8 Å². The van der Waals surface area contributed by atoms with Gasteiger partial charge < -0.3 is 5.11 Å². The number of rotatable bonds is 1. The van der Waals surface area contributed by atoms with E-state index in [-0.39, 0.29) is 6.10 Å². The molecular formula is C15H29NO. The van der Waals surface area contributed by atoms with E-state index in [9.17, 15) is 5.11 Å². The molecule has 4 unspecified atom stereocenters. The van der Waals surface area contributed by atoms with Crippen molar-refractivity contribution in [2.75, 3.05) is 6.54 Å². The van der Waals surface area contributed by atoms with Crippen molar-refractivity contribution < 1.29 is 5.11 Å². The standard InChI is InChI=1S/C15H29NO/c1-11-5-6-12(2)16(10-11)13-9-15(3,4)8-7-14(13)17/h11-14,17H,5-10H2,1-4H3.